The summed E-state index contributed by atoms with van der Waals surface area (Å²) in [5.41, 5.74) is 1.16. The van der Waals surface area contributed by atoms with Crippen LogP contribution >= 0.6 is 0 Å². The topological polar surface area (TPSA) is 149 Å². The normalized spacial score (nSPS) is 12.6. The first-order chi connectivity index (χ1) is 16.0. The number of rotatable bonds is 14. The van der Waals surface area contributed by atoms with E-state index in [1.54, 1.807) is 19.9 Å². The number of hydrogen-bond acceptors (Lipinski definition) is 9. The number of aryl methyl sites for hydroxylation is 1. The maximum Gasteiger partial charge on any atom is 0.308 e. The van der Waals surface area contributed by atoms with Crippen molar-refractivity contribution in [2.45, 2.75) is 73.5 Å². The molecular formula is C24H39N3O8. The van der Waals surface area contributed by atoms with Crippen LogP contribution in [0.1, 0.15) is 57.7 Å². The number of aliphatic hydroxyl groups is 1. The summed E-state index contributed by atoms with van der Waals surface area (Å²) in [5, 5.41) is 25.8. The maximum absolute atomic E-state index is 12.4. The van der Waals surface area contributed by atoms with Gasteiger partial charge in [-0.3, -0.25) is 9.59 Å². The number of aliphatic hydroxyl groups excluding tert-OH is 1. The molecule has 0 spiro atoms. The minimum absolute atomic E-state index is 0.0343. The Labute approximate surface area is 206 Å². The van der Waals surface area contributed by atoms with Crippen molar-refractivity contribution in [2.24, 2.45) is 5.41 Å². The molecular weight excluding hydrogens is 458 g/mol. The Morgan fingerprint density at radius 2 is 1.80 bits per heavy atom. The summed E-state index contributed by atoms with van der Waals surface area (Å²) in [6.07, 6.45) is -0.689. The average Bonchev–Trinajstić information content (AvgIpc) is 2.74. The summed E-state index contributed by atoms with van der Waals surface area (Å²) in [7, 11) is 0. The molecule has 11 nitrogen and oxygen atoms in total. The van der Waals surface area contributed by atoms with E-state index in [0.29, 0.717) is 11.5 Å². The quantitative estimate of drug-likeness (QED) is 0.152. The molecule has 0 bridgehead atoms. The van der Waals surface area contributed by atoms with Crippen molar-refractivity contribution in [3.05, 3.63) is 32.9 Å². The number of carbonyl (C=O) groups is 2. The fraction of sp³-hybridized carbons (Fsp3) is 0.667. The molecule has 1 atom stereocenters. The van der Waals surface area contributed by atoms with Gasteiger partial charge in [0.25, 0.3) is 5.09 Å². The van der Waals surface area contributed by atoms with Crippen LogP contribution in [0.2, 0.25) is 0 Å². The van der Waals surface area contributed by atoms with Crippen molar-refractivity contribution in [1.29, 1.82) is 0 Å². The summed E-state index contributed by atoms with van der Waals surface area (Å²) < 4.78 is 11.1. The smallest absolute Gasteiger partial charge is 0.308 e. The van der Waals surface area contributed by atoms with Gasteiger partial charge in [0.05, 0.1) is 0 Å². The van der Waals surface area contributed by atoms with E-state index in [1.807, 2.05) is 34.6 Å². The van der Waals surface area contributed by atoms with Crippen LogP contribution < -0.4 is 20.1 Å². The van der Waals surface area contributed by atoms with Crippen molar-refractivity contribution in [1.82, 2.24) is 10.6 Å². The molecule has 1 rings (SSSR count). The molecule has 3 N–H and O–H groups in total. The van der Waals surface area contributed by atoms with E-state index in [0.717, 1.165) is 16.7 Å². The first kappa shape index (κ1) is 30.1. The number of carbonyl (C=O) groups excluding carboxylic acids is 2. The highest BCUT2D eigenvalue weighted by Crippen LogP contribution is 2.33. The van der Waals surface area contributed by atoms with E-state index in [2.05, 4.69) is 15.5 Å². The first-order valence-electron chi connectivity index (χ1n) is 11.4. The molecule has 11 heteroatoms. The van der Waals surface area contributed by atoms with Gasteiger partial charge in [-0.05, 0) is 57.4 Å². The highest BCUT2D eigenvalue weighted by atomic mass is 16.9. The molecule has 0 aromatic heterocycles. The SMILES string of the molecule is CC(=O)Oc1c(C)cc(OCC(O)CNC(C)(C)CC(=O)NCC(C)(C)CO[N+](=O)[O-])c(C)c1C. The second-order valence-corrected chi connectivity index (χ2v) is 10.2. The summed E-state index contributed by atoms with van der Waals surface area (Å²) in [6.45, 7) is 14.4. The third kappa shape index (κ3) is 10.9. The van der Waals surface area contributed by atoms with Crippen molar-refractivity contribution in [3.63, 3.8) is 0 Å². The van der Waals surface area contributed by atoms with Gasteiger partial charge in [0.1, 0.15) is 30.8 Å². The van der Waals surface area contributed by atoms with Crippen LogP contribution in [0.25, 0.3) is 0 Å². The predicted molar refractivity (Wildman–Crippen MR) is 130 cm³/mol. The highest BCUT2D eigenvalue weighted by Gasteiger charge is 2.25. The van der Waals surface area contributed by atoms with E-state index in [9.17, 15) is 24.8 Å². The summed E-state index contributed by atoms with van der Waals surface area (Å²) in [4.78, 5) is 38.4. The zero-order chi connectivity index (χ0) is 27.0. The number of nitrogens with zero attached hydrogens (tertiary/aromatic N) is 1. The Hall–Kier alpha value is -2.92. The van der Waals surface area contributed by atoms with E-state index in [-0.39, 0.29) is 38.6 Å². The van der Waals surface area contributed by atoms with Gasteiger partial charge in [0.15, 0.2) is 0 Å². The van der Waals surface area contributed by atoms with Crippen LogP contribution in [0.5, 0.6) is 11.5 Å². The van der Waals surface area contributed by atoms with Crippen LogP contribution in [0.4, 0.5) is 0 Å². The maximum atomic E-state index is 12.4. The number of hydrogen-bond donors (Lipinski definition) is 3. The standard InChI is InChI=1S/C24H39N3O8/c1-15-9-20(16(2)17(3)22(15)35-18(4)28)33-12-19(29)11-26-24(7,8)10-21(30)25-13-23(5,6)14-34-27(31)32/h9,19,26,29H,10-14H2,1-8H3,(H,25,30). The van der Waals surface area contributed by atoms with Gasteiger partial charge in [0.2, 0.25) is 5.91 Å². The number of ether oxygens (including phenoxy) is 2. The molecule has 35 heavy (non-hydrogen) atoms. The molecule has 0 saturated carbocycles. The molecule has 0 saturated heterocycles. The number of nitrogens with one attached hydrogen (secondary N) is 2. The Morgan fingerprint density at radius 1 is 1.17 bits per heavy atom. The van der Waals surface area contributed by atoms with Gasteiger partial charge >= 0.3 is 5.97 Å². The van der Waals surface area contributed by atoms with E-state index >= 15 is 0 Å². The third-order valence-electron chi connectivity index (χ3n) is 5.40. The van der Waals surface area contributed by atoms with Gasteiger partial charge in [-0.15, -0.1) is 10.1 Å². The van der Waals surface area contributed by atoms with Gasteiger partial charge in [-0.2, -0.15) is 0 Å². The predicted octanol–water partition coefficient (Wildman–Crippen LogP) is 2.39. The van der Waals surface area contributed by atoms with Crippen LogP contribution in [0.15, 0.2) is 6.07 Å². The third-order valence-corrected chi connectivity index (χ3v) is 5.40. The van der Waals surface area contributed by atoms with E-state index in [4.69, 9.17) is 9.47 Å². The van der Waals surface area contributed by atoms with Gasteiger partial charge in [0, 0.05) is 37.4 Å². The fourth-order valence-corrected chi connectivity index (χ4v) is 3.25. The summed E-state index contributed by atoms with van der Waals surface area (Å²) in [6, 6.07) is 1.77. The van der Waals surface area contributed by atoms with Crippen molar-refractivity contribution >= 4 is 11.9 Å². The number of β-amino-alcohol motifs (C(OH)–C–C–N with tert-alkyl or cyclic N) is 1. The first-order valence-corrected chi connectivity index (χ1v) is 11.4. The Kier molecular flexibility index (Phi) is 10.9. The second kappa shape index (κ2) is 12.7. The van der Waals surface area contributed by atoms with Gasteiger partial charge in [-0.25, -0.2) is 0 Å². The number of benzene rings is 1. The molecule has 1 unspecified atom stereocenters. The lowest BCUT2D eigenvalue weighted by atomic mass is 9.94. The molecule has 0 radical (unpaired) electrons. The Balaban J connectivity index is 2.55. The lowest BCUT2D eigenvalue weighted by Crippen LogP contribution is -2.48. The fourth-order valence-electron chi connectivity index (χ4n) is 3.25. The lowest BCUT2D eigenvalue weighted by Gasteiger charge is -2.29. The van der Waals surface area contributed by atoms with Gasteiger partial charge < -0.3 is 30.1 Å². The molecule has 198 valence electrons. The average molecular weight is 498 g/mol. The van der Waals surface area contributed by atoms with Crippen molar-refractivity contribution in [3.8, 4) is 11.5 Å². The van der Waals surface area contributed by atoms with E-state index in [1.165, 1.54) is 6.92 Å². The van der Waals surface area contributed by atoms with E-state index < -0.39 is 28.1 Å². The molecule has 1 aromatic rings. The Bertz CT molecular complexity index is 915. The Morgan fingerprint density at radius 3 is 2.37 bits per heavy atom. The minimum Gasteiger partial charge on any atom is -0.491 e. The second-order valence-electron chi connectivity index (χ2n) is 10.2. The number of esters is 1. The summed E-state index contributed by atoms with van der Waals surface area (Å²) >= 11 is 0. The molecule has 0 heterocycles. The van der Waals surface area contributed by atoms with Crippen molar-refractivity contribution < 1.29 is 34.1 Å². The molecule has 0 aliphatic heterocycles. The molecule has 1 amide bonds. The lowest BCUT2D eigenvalue weighted by molar-refractivity contribution is -0.760. The monoisotopic (exact) mass is 497 g/mol. The largest absolute Gasteiger partial charge is 0.491 e. The van der Waals surface area contributed by atoms with Crippen molar-refractivity contribution in [2.75, 3.05) is 26.3 Å². The zero-order valence-corrected chi connectivity index (χ0v) is 21.9. The molecule has 0 aliphatic carbocycles. The minimum atomic E-state index is -0.854. The van der Waals surface area contributed by atoms with Gasteiger partial charge in [-0.1, -0.05) is 13.8 Å². The van der Waals surface area contributed by atoms with Crippen LogP contribution in [-0.2, 0) is 14.4 Å². The highest BCUT2D eigenvalue weighted by molar-refractivity contribution is 5.77. The zero-order valence-electron chi connectivity index (χ0n) is 21.9. The molecule has 1 aromatic carbocycles. The van der Waals surface area contributed by atoms with Crippen LogP contribution in [0.3, 0.4) is 0 Å². The number of amides is 1. The molecule has 0 aliphatic rings. The van der Waals surface area contributed by atoms with Crippen LogP contribution in [-0.4, -0.2) is 60.0 Å². The molecule has 0 fully saturated rings. The summed E-state index contributed by atoms with van der Waals surface area (Å²) in [5.74, 6) is 0.488. The van der Waals surface area contributed by atoms with Crippen LogP contribution in [0, 0.1) is 36.3 Å².